The molecule has 1 aliphatic carbocycles. The summed E-state index contributed by atoms with van der Waals surface area (Å²) < 4.78 is 17.9. The Morgan fingerprint density at radius 2 is 1.67 bits per heavy atom. The fourth-order valence-corrected chi connectivity index (χ4v) is 5.07. The zero-order chi connectivity index (χ0) is 19.9. The van der Waals surface area contributed by atoms with Gasteiger partial charge < -0.3 is 9.63 Å². The van der Waals surface area contributed by atoms with Crippen LogP contribution < -0.4 is 0 Å². The van der Waals surface area contributed by atoms with Crippen LogP contribution in [-0.2, 0) is 13.9 Å². The summed E-state index contributed by atoms with van der Waals surface area (Å²) in [4.78, 5) is 11.5. The number of carbonyl (C=O) groups is 1. The molecule has 158 valence electrons. The molecule has 0 aromatic carbocycles. The third-order valence-electron chi connectivity index (χ3n) is 5.49. The lowest BCUT2D eigenvalue weighted by molar-refractivity contribution is -0.132. The second-order valence-electron chi connectivity index (χ2n) is 8.14. The van der Waals surface area contributed by atoms with Crippen molar-refractivity contribution < 1.29 is 19.0 Å². The van der Waals surface area contributed by atoms with E-state index in [-0.39, 0.29) is 17.8 Å². The normalized spacial score (nSPS) is 18.4. The Bertz CT molecular complexity index is 455. The van der Waals surface area contributed by atoms with Crippen LogP contribution in [0.5, 0.6) is 0 Å². The Labute approximate surface area is 167 Å². The largest absolute Gasteiger partial charge is 0.478 e. The van der Waals surface area contributed by atoms with E-state index >= 15 is 0 Å². The fraction of sp³-hybridized carbons (Fsp3) is 0.864. The summed E-state index contributed by atoms with van der Waals surface area (Å²) in [5, 5.41) is 9.42. The first kappa shape index (κ1) is 24.4. The maximum atomic E-state index is 12.3. The molecule has 0 saturated heterocycles. The van der Waals surface area contributed by atoms with Gasteiger partial charge in [-0.05, 0) is 32.1 Å². The molecule has 2 atom stereocenters. The first-order valence-corrected chi connectivity index (χ1v) is 12.7. The van der Waals surface area contributed by atoms with Crippen molar-refractivity contribution in [3.05, 3.63) is 11.6 Å². The van der Waals surface area contributed by atoms with Crippen LogP contribution in [0.3, 0.4) is 0 Å². The number of aliphatic carboxylic acids is 1. The number of unbranched alkanes of at least 4 members (excludes halogenated alkanes) is 7. The highest BCUT2D eigenvalue weighted by Gasteiger charge is 2.18. The molecule has 0 amide bonds. The van der Waals surface area contributed by atoms with Gasteiger partial charge in [-0.15, -0.1) is 0 Å². The highest BCUT2D eigenvalue weighted by atomic mass is 31.1. The van der Waals surface area contributed by atoms with Gasteiger partial charge in [0, 0.05) is 5.57 Å². The molecular weight excluding hydrogens is 359 g/mol. The molecule has 0 spiro atoms. The van der Waals surface area contributed by atoms with E-state index < -0.39 is 14.0 Å². The predicted octanol–water partition coefficient (Wildman–Crippen LogP) is 6.99. The van der Waals surface area contributed by atoms with Gasteiger partial charge in [0.05, 0.1) is 12.3 Å². The van der Waals surface area contributed by atoms with Gasteiger partial charge >= 0.3 is 5.97 Å². The molecule has 1 rings (SSSR count). The quantitative estimate of drug-likeness (QED) is 0.183. The van der Waals surface area contributed by atoms with Crippen LogP contribution in [0.25, 0.3) is 0 Å². The molecule has 0 radical (unpaired) electrons. The number of carboxylic acids is 1. The Morgan fingerprint density at radius 3 is 2.26 bits per heavy atom. The lowest BCUT2D eigenvalue weighted by Crippen LogP contribution is -2.11. The van der Waals surface area contributed by atoms with Crippen LogP contribution in [0, 0.1) is 5.92 Å². The molecule has 1 N–H and O–H groups in total. The van der Waals surface area contributed by atoms with Gasteiger partial charge in [0.25, 0.3) is 0 Å². The van der Waals surface area contributed by atoms with Crippen molar-refractivity contribution in [1.82, 2.24) is 0 Å². The highest BCUT2D eigenvalue weighted by molar-refractivity contribution is 7.39. The average molecular weight is 401 g/mol. The first-order chi connectivity index (χ1) is 13.0. The van der Waals surface area contributed by atoms with Crippen LogP contribution in [0.1, 0.15) is 104 Å². The summed E-state index contributed by atoms with van der Waals surface area (Å²) in [5.74, 6) is -0.618. The van der Waals surface area contributed by atoms with Crippen molar-refractivity contribution in [3.63, 3.8) is 0 Å². The molecule has 0 aromatic rings. The summed E-state index contributed by atoms with van der Waals surface area (Å²) in [7, 11) is -2.34. The molecule has 1 fully saturated rings. The van der Waals surface area contributed by atoms with Crippen molar-refractivity contribution >= 4 is 14.0 Å². The van der Waals surface area contributed by atoms with E-state index in [1.807, 2.05) is 13.0 Å². The number of carboxylic acid groups (broad SMARTS) is 1. The van der Waals surface area contributed by atoms with Crippen molar-refractivity contribution in [3.8, 4) is 0 Å². The predicted molar refractivity (Wildman–Crippen MR) is 114 cm³/mol. The number of rotatable bonds is 15. The van der Waals surface area contributed by atoms with Gasteiger partial charge in [-0.2, -0.15) is 0 Å². The van der Waals surface area contributed by atoms with E-state index in [2.05, 4.69) is 6.92 Å². The van der Waals surface area contributed by atoms with E-state index in [1.165, 1.54) is 51.4 Å². The van der Waals surface area contributed by atoms with Crippen LogP contribution in [0.2, 0.25) is 0 Å². The number of allylic oxidation sites excluding steroid dienone is 1. The minimum absolute atomic E-state index is 0.0544. The van der Waals surface area contributed by atoms with Crippen molar-refractivity contribution in [2.24, 2.45) is 5.92 Å². The van der Waals surface area contributed by atoms with Crippen molar-refractivity contribution in [2.45, 2.75) is 110 Å². The Morgan fingerprint density at radius 1 is 1.07 bits per heavy atom. The second-order valence-corrected chi connectivity index (χ2v) is 9.47. The molecule has 0 aliphatic heterocycles. The lowest BCUT2D eigenvalue weighted by Gasteiger charge is -2.19. The minimum atomic E-state index is -2.34. The summed E-state index contributed by atoms with van der Waals surface area (Å²) in [6.45, 7) is 4.19. The van der Waals surface area contributed by atoms with Crippen molar-refractivity contribution in [1.29, 1.82) is 0 Å². The third kappa shape index (κ3) is 12.5. The molecule has 0 bridgehead atoms. The van der Waals surface area contributed by atoms with Gasteiger partial charge in [0.15, 0.2) is 8.03 Å². The van der Waals surface area contributed by atoms with E-state index in [9.17, 15) is 14.5 Å². The summed E-state index contributed by atoms with van der Waals surface area (Å²) >= 11 is 0. The van der Waals surface area contributed by atoms with Crippen LogP contribution >= 0.6 is 8.03 Å². The van der Waals surface area contributed by atoms with E-state index in [4.69, 9.17) is 4.52 Å². The zero-order valence-corrected chi connectivity index (χ0v) is 18.5. The van der Waals surface area contributed by atoms with E-state index in [0.717, 1.165) is 38.5 Å². The van der Waals surface area contributed by atoms with Crippen molar-refractivity contribution in [2.75, 3.05) is 6.16 Å². The molecule has 2 unspecified atom stereocenters. The zero-order valence-electron chi connectivity index (χ0n) is 17.5. The van der Waals surface area contributed by atoms with E-state index in [0.29, 0.717) is 5.92 Å². The smallest absolute Gasteiger partial charge is 0.331 e. The molecular formula is C22H41O4P. The summed E-state index contributed by atoms with van der Waals surface area (Å²) in [6, 6.07) is 0. The maximum Gasteiger partial charge on any atom is 0.331 e. The summed E-state index contributed by atoms with van der Waals surface area (Å²) in [5.41, 5.74) is 0.282. The van der Waals surface area contributed by atoms with Crippen LogP contribution in [-0.4, -0.2) is 23.3 Å². The van der Waals surface area contributed by atoms with Gasteiger partial charge in [-0.3, -0.25) is 4.57 Å². The third-order valence-corrected chi connectivity index (χ3v) is 6.83. The second kappa shape index (κ2) is 15.3. The summed E-state index contributed by atoms with van der Waals surface area (Å²) in [6.07, 6.45) is 18.6. The Kier molecular flexibility index (Phi) is 13.9. The van der Waals surface area contributed by atoms with Gasteiger partial charge in [-0.1, -0.05) is 83.6 Å². The minimum Gasteiger partial charge on any atom is -0.478 e. The molecule has 1 aliphatic rings. The first-order valence-electron chi connectivity index (χ1n) is 11.2. The van der Waals surface area contributed by atoms with Gasteiger partial charge in [0.2, 0.25) is 0 Å². The Hall–Kier alpha value is -0.600. The fourth-order valence-electron chi connectivity index (χ4n) is 3.84. The molecule has 0 aromatic heterocycles. The van der Waals surface area contributed by atoms with Crippen LogP contribution in [0.15, 0.2) is 11.6 Å². The number of hydrogen-bond acceptors (Lipinski definition) is 3. The lowest BCUT2D eigenvalue weighted by atomic mass is 9.88. The molecule has 5 heteroatoms. The maximum absolute atomic E-state index is 12.3. The molecule has 4 nitrogen and oxygen atoms in total. The average Bonchev–Trinajstić information content (AvgIpc) is 2.64. The molecule has 27 heavy (non-hydrogen) atoms. The van der Waals surface area contributed by atoms with E-state index in [1.54, 1.807) is 0 Å². The molecule has 0 heterocycles. The topological polar surface area (TPSA) is 63.6 Å². The van der Waals surface area contributed by atoms with Gasteiger partial charge in [-0.25, -0.2) is 4.79 Å². The SMILES string of the molecule is CCCCCCCCCCC(C)O[PH](=O)CC(=CC1CCCCC1)C(=O)O. The molecule has 1 saturated carbocycles. The highest BCUT2D eigenvalue weighted by Crippen LogP contribution is 2.32. The standard InChI is InChI=1S/C22H41O4P/c1-3-4-5-6-7-8-9-11-14-19(2)26-27(25)18-21(22(23)24)17-20-15-12-10-13-16-20/h17,19-20,27H,3-16,18H2,1-2H3,(H,23,24). The Balaban J connectivity index is 2.22. The number of hydrogen-bond donors (Lipinski definition) is 1. The monoisotopic (exact) mass is 400 g/mol. The van der Waals surface area contributed by atoms with Gasteiger partial charge in [0.1, 0.15) is 0 Å². The van der Waals surface area contributed by atoms with Crippen LogP contribution in [0.4, 0.5) is 0 Å².